The number of rotatable bonds is 2. The zero-order valence-corrected chi connectivity index (χ0v) is 14.9. The minimum atomic E-state index is -4.90. The number of aromatic nitrogens is 4. The van der Waals surface area contributed by atoms with E-state index in [1.165, 1.54) is 0 Å². The maximum atomic E-state index is 13.4. The number of imidazole rings is 1. The Bertz CT molecular complexity index is 1160. The van der Waals surface area contributed by atoms with Crippen molar-refractivity contribution in [2.24, 2.45) is 7.05 Å². The van der Waals surface area contributed by atoms with Crippen molar-refractivity contribution in [1.82, 2.24) is 19.3 Å². The first-order valence-corrected chi connectivity index (χ1v) is 9.61. The van der Waals surface area contributed by atoms with Crippen molar-refractivity contribution in [2.45, 2.75) is 18.0 Å². The summed E-state index contributed by atoms with van der Waals surface area (Å²) in [6.45, 7) is 1.60. The molecule has 3 rings (SSSR count). The lowest BCUT2D eigenvalue weighted by Crippen LogP contribution is -2.21. The lowest BCUT2D eigenvalue weighted by Gasteiger charge is -2.11. The zero-order chi connectivity index (χ0) is 18.7. The molecular weight excluding hydrogens is 405 g/mol. The highest BCUT2D eigenvalue weighted by Crippen LogP contribution is 2.37. The van der Waals surface area contributed by atoms with E-state index in [9.17, 15) is 26.4 Å². The van der Waals surface area contributed by atoms with Crippen LogP contribution in [0.15, 0.2) is 21.8 Å². The first kappa shape index (κ1) is 17.9. The average molecular weight is 413 g/mol. The van der Waals surface area contributed by atoms with Gasteiger partial charge in [-0.05, 0) is 19.1 Å². The summed E-state index contributed by atoms with van der Waals surface area (Å²) in [5, 5.41) is 7.98. The smallest absolute Gasteiger partial charge is 0.294 e. The molecule has 2 heterocycles. The first-order chi connectivity index (χ1) is 11.4. The van der Waals surface area contributed by atoms with E-state index in [-0.39, 0.29) is 10.6 Å². The summed E-state index contributed by atoms with van der Waals surface area (Å²) in [7, 11) is 1.91. The highest BCUT2D eigenvalue weighted by molar-refractivity contribution is 8.13. The van der Waals surface area contributed by atoms with Crippen LogP contribution >= 0.6 is 22.0 Å². The molecule has 0 saturated carbocycles. The van der Waals surface area contributed by atoms with Crippen molar-refractivity contribution in [2.75, 3.05) is 0 Å². The van der Waals surface area contributed by atoms with E-state index < -0.39 is 36.9 Å². The molecule has 0 N–H and O–H groups in total. The van der Waals surface area contributed by atoms with Crippen LogP contribution in [0.5, 0.6) is 0 Å². The molecule has 0 aliphatic carbocycles. The normalized spacial score (nSPS) is 12.9. The van der Waals surface area contributed by atoms with E-state index in [1.807, 2.05) is 0 Å². The predicted molar refractivity (Wildman–Crippen MR) is 84.8 cm³/mol. The van der Waals surface area contributed by atoms with Gasteiger partial charge in [0.2, 0.25) is 5.13 Å². The summed E-state index contributed by atoms with van der Waals surface area (Å²) in [5.41, 5.74) is -2.86. The highest BCUT2D eigenvalue weighted by atomic mass is 35.7. The van der Waals surface area contributed by atoms with Crippen LogP contribution in [-0.4, -0.2) is 27.7 Å². The summed E-state index contributed by atoms with van der Waals surface area (Å²) in [6.07, 6.45) is -4.90. The van der Waals surface area contributed by atoms with Crippen LogP contribution in [0.1, 0.15) is 10.6 Å². The standard InChI is InChI=1S/C12H8ClF3N4O3S2/c1-5-17-18-10(24-5)20-8-4-6(25(13,22)23)3-7(12(14,15)16)9(8)19(2)11(20)21/h3-4H,1-2H3. The predicted octanol–water partition coefficient (Wildman–Crippen LogP) is 2.44. The van der Waals surface area contributed by atoms with E-state index in [4.69, 9.17) is 10.7 Å². The van der Waals surface area contributed by atoms with Gasteiger partial charge in [-0.3, -0.25) is 4.57 Å². The molecule has 7 nitrogen and oxygen atoms in total. The van der Waals surface area contributed by atoms with Crippen molar-refractivity contribution < 1.29 is 21.6 Å². The number of halogens is 4. The molecule has 13 heteroatoms. The molecule has 0 saturated heterocycles. The van der Waals surface area contributed by atoms with Crippen LogP contribution < -0.4 is 5.69 Å². The number of benzene rings is 1. The molecule has 25 heavy (non-hydrogen) atoms. The number of hydrogen-bond donors (Lipinski definition) is 0. The van der Waals surface area contributed by atoms with Gasteiger partial charge in [-0.2, -0.15) is 13.2 Å². The van der Waals surface area contributed by atoms with Crippen molar-refractivity contribution in [3.8, 4) is 5.13 Å². The Morgan fingerprint density at radius 2 is 1.88 bits per heavy atom. The van der Waals surface area contributed by atoms with Crippen molar-refractivity contribution in [3.63, 3.8) is 0 Å². The van der Waals surface area contributed by atoms with Gasteiger partial charge in [-0.25, -0.2) is 17.8 Å². The molecule has 0 unspecified atom stereocenters. The fraction of sp³-hybridized carbons (Fsp3) is 0.250. The number of aryl methyl sites for hydroxylation is 2. The third-order valence-electron chi connectivity index (χ3n) is 3.41. The van der Waals surface area contributed by atoms with Gasteiger partial charge < -0.3 is 0 Å². The van der Waals surface area contributed by atoms with Crippen LogP contribution in [-0.2, 0) is 22.3 Å². The largest absolute Gasteiger partial charge is 0.418 e. The molecule has 134 valence electrons. The Morgan fingerprint density at radius 3 is 2.36 bits per heavy atom. The molecule has 0 spiro atoms. The van der Waals surface area contributed by atoms with Crippen molar-refractivity contribution >= 4 is 42.1 Å². The highest BCUT2D eigenvalue weighted by Gasteiger charge is 2.37. The maximum absolute atomic E-state index is 13.4. The van der Waals surface area contributed by atoms with Gasteiger partial charge in [0.25, 0.3) is 9.05 Å². The van der Waals surface area contributed by atoms with Gasteiger partial charge in [-0.1, -0.05) is 11.3 Å². The second-order valence-electron chi connectivity index (χ2n) is 5.05. The summed E-state index contributed by atoms with van der Waals surface area (Å²) in [6, 6.07) is 1.31. The Labute approximate surface area is 146 Å². The molecule has 0 amide bonds. The molecule has 3 aromatic rings. The van der Waals surface area contributed by atoms with Gasteiger partial charge in [-0.15, -0.1) is 10.2 Å². The van der Waals surface area contributed by atoms with E-state index >= 15 is 0 Å². The number of nitrogens with zero attached hydrogens (tertiary/aromatic N) is 4. The molecular formula is C12H8ClF3N4O3S2. The zero-order valence-electron chi connectivity index (χ0n) is 12.5. The molecule has 0 radical (unpaired) electrons. The Morgan fingerprint density at radius 1 is 1.24 bits per heavy atom. The maximum Gasteiger partial charge on any atom is 0.418 e. The minimum Gasteiger partial charge on any atom is -0.294 e. The van der Waals surface area contributed by atoms with Crippen LogP contribution in [0.25, 0.3) is 16.2 Å². The van der Waals surface area contributed by atoms with E-state index in [2.05, 4.69) is 10.2 Å². The average Bonchev–Trinajstić information content (AvgIpc) is 2.99. The van der Waals surface area contributed by atoms with Gasteiger partial charge in [0, 0.05) is 17.7 Å². The number of alkyl halides is 3. The van der Waals surface area contributed by atoms with Crippen LogP contribution in [0.4, 0.5) is 13.2 Å². The van der Waals surface area contributed by atoms with Gasteiger partial charge in [0.1, 0.15) is 5.01 Å². The molecule has 1 aromatic carbocycles. The first-order valence-electron chi connectivity index (χ1n) is 6.49. The van der Waals surface area contributed by atoms with Crippen LogP contribution in [0, 0.1) is 6.92 Å². The number of hydrogen-bond acceptors (Lipinski definition) is 6. The lowest BCUT2D eigenvalue weighted by molar-refractivity contribution is -0.136. The summed E-state index contributed by atoms with van der Waals surface area (Å²) in [4.78, 5) is 11.7. The van der Waals surface area contributed by atoms with E-state index in [1.54, 1.807) is 6.92 Å². The second-order valence-corrected chi connectivity index (χ2v) is 8.78. The van der Waals surface area contributed by atoms with Gasteiger partial charge >= 0.3 is 11.9 Å². The lowest BCUT2D eigenvalue weighted by atomic mass is 10.1. The molecule has 0 fully saturated rings. The summed E-state index contributed by atoms with van der Waals surface area (Å²) in [5.74, 6) is 0. The summed E-state index contributed by atoms with van der Waals surface area (Å²) < 4.78 is 65.1. The second kappa shape index (κ2) is 5.54. The van der Waals surface area contributed by atoms with Crippen LogP contribution in [0.3, 0.4) is 0 Å². The Kier molecular flexibility index (Phi) is 3.96. The third-order valence-corrected chi connectivity index (χ3v) is 5.57. The van der Waals surface area contributed by atoms with Crippen molar-refractivity contribution in [3.05, 3.63) is 33.2 Å². The SMILES string of the molecule is Cc1nnc(-n2c(=O)n(C)c3c(C(F)(F)F)cc(S(=O)(=O)Cl)cc32)s1. The van der Waals surface area contributed by atoms with E-state index in [0.29, 0.717) is 11.1 Å². The van der Waals surface area contributed by atoms with Crippen LogP contribution in [0.2, 0.25) is 0 Å². The van der Waals surface area contributed by atoms with E-state index in [0.717, 1.165) is 33.6 Å². The minimum absolute atomic E-state index is 0.0188. The monoisotopic (exact) mass is 412 g/mol. The molecule has 0 bridgehead atoms. The molecule has 2 aromatic heterocycles. The fourth-order valence-corrected chi connectivity index (χ4v) is 3.86. The Hall–Kier alpha value is -1.92. The van der Waals surface area contributed by atoms with Gasteiger partial charge in [0.15, 0.2) is 0 Å². The molecule has 0 aliphatic rings. The third kappa shape index (κ3) is 2.93. The quantitative estimate of drug-likeness (QED) is 0.603. The molecule has 0 atom stereocenters. The fourth-order valence-electron chi connectivity index (χ4n) is 2.38. The Balaban J connectivity index is 2.56. The number of fused-ring (bicyclic) bond motifs is 1. The molecule has 0 aliphatic heterocycles. The summed E-state index contributed by atoms with van der Waals surface area (Å²) >= 11 is 0.974. The van der Waals surface area contributed by atoms with Gasteiger partial charge in [0.05, 0.1) is 21.5 Å². The topological polar surface area (TPSA) is 86.8 Å². The van der Waals surface area contributed by atoms with Crippen molar-refractivity contribution in [1.29, 1.82) is 0 Å².